The van der Waals surface area contributed by atoms with Gasteiger partial charge in [-0.1, -0.05) is 0 Å². The van der Waals surface area contributed by atoms with Crippen molar-refractivity contribution in [3.63, 3.8) is 0 Å². The van der Waals surface area contributed by atoms with Crippen LogP contribution in [-0.4, -0.2) is 27.5 Å². The van der Waals surface area contributed by atoms with Gasteiger partial charge in [-0.3, -0.25) is 4.79 Å². The number of hydrogen-bond donors (Lipinski definition) is 2. The lowest BCUT2D eigenvalue weighted by molar-refractivity contribution is -0.117. The molecule has 20 heavy (non-hydrogen) atoms. The third kappa shape index (κ3) is 3.25. The molecule has 2 rings (SSSR count). The Labute approximate surface area is 114 Å². The highest BCUT2D eigenvalue weighted by molar-refractivity contribution is 7.89. The molecule has 0 fully saturated rings. The average molecular weight is 302 g/mol. The number of halogens is 1. The number of nitrogens with two attached hydrogens (primary N) is 1. The van der Waals surface area contributed by atoms with Crippen molar-refractivity contribution in [3.8, 4) is 0 Å². The number of nitrogens with one attached hydrogen (secondary N) is 1. The lowest BCUT2D eigenvalue weighted by Gasteiger charge is -2.15. The van der Waals surface area contributed by atoms with Crippen molar-refractivity contribution in [2.24, 2.45) is 5.14 Å². The van der Waals surface area contributed by atoms with Gasteiger partial charge >= 0.3 is 0 Å². The van der Waals surface area contributed by atoms with Gasteiger partial charge in [0.2, 0.25) is 15.8 Å². The van der Waals surface area contributed by atoms with E-state index in [-0.39, 0.29) is 22.9 Å². The predicted octanol–water partition coefficient (Wildman–Crippen LogP) is 0.300. The largest absolute Gasteiger partial charge is 0.494 e. The molecule has 0 saturated carbocycles. The second-order valence-corrected chi connectivity index (χ2v) is 5.40. The van der Waals surface area contributed by atoms with E-state index in [1.165, 1.54) is 0 Å². The maximum absolute atomic E-state index is 13.5. The van der Waals surface area contributed by atoms with Crippen LogP contribution in [0.2, 0.25) is 0 Å². The Kier molecular flexibility index (Phi) is 3.91. The summed E-state index contributed by atoms with van der Waals surface area (Å²) in [5.41, 5.74) is -0.323. The fraction of sp³-hybridized carbons (Fsp3) is 0.182. The highest BCUT2D eigenvalue weighted by Gasteiger charge is 2.18. The molecule has 0 radical (unpaired) electrons. The number of ether oxygens (including phenoxy) is 2. The third-order valence-electron chi connectivity index (χ3n) is 2.39. The van der Waals surface area contributed by atoms with Gasteiger partial charge in [-0.15, -0.1) is 0 Å². The minimum Gasteiger partial charge on any atom is -0.494 e. The SMILES string of the molecule is NS(=O)(=O)c1ccc(F)c(NC(=O)C2=COCCO2)c1. The van der Waals surface area contributed by atoms with Crippen LogP contribution in [0.5, 0.6) is 0 Å². The van der Waals surface area contributed by atoms with Crippen LogP contribution >= 0.6 is 0 Å². The summed E-state index contributed by atoms with van der Waals surface area (Å²) >= 11 is 0. The van der Waals surface area contributed by atoms with Crippen molar-refractivity contribution >= 4 is 21.6 Å². The molecule has 1 aliphatic heterocycles. The molecule has 1 aromatic carbocycles. The Morgan fingerprint density at radius 2 is 2.10 bits per heavy atom. The summed E-state index contributed by atoms with van der Waals surface area (Å²) < 4.78 is 45.8. The molecule has 1 heterocycles. The first-order chi connectivity index (χ1) is 9.38. The quantitative estimate of drug-likeness (QED) is 0.835. The average Bonchev–Trinajstić information content (AvgIpc) is 2.41. The summed E-state index contributed by atoms with van der Waals surface area (Å²) in [6.07, 6.45) is 1.10. The van der Waals surface area contributed by atoms with E-state index in [1.54, 1.807) is 0 Å². The van der Waals surface area contributed by atoms with Crippen LogP contribution < -0.4 is 10.5 Å². The number of hydrogen-bond acceptors (Lipinski definition) is 5. The number of primary sulfonamides is 1. The smallest absolute Gasteiger partial charge is 0.294 e. The van der Waals surface area contributed by atoms with Crippen molar-refractivity contribution in [2.45, 2.75) is 4.90 Å². The lowest BCUT2D eigenvalue weighted by Crippen LogP contribution is -2.22. The maximum Gasteiger partial charge on any atom is 0.294 e. The van der Waals surface area contributed by atoms with E-state index in [0.717, 1.165) is 24.5 Å². The predicted molar refractivity (Wildman–Crippen MR) is 66.4 cm³/mol. The van der Waals surface area contributed by atoms with Gasteiger partial charge in [0, 0.05) is 0 Å². The standard InChI is InChI=1S/C11H11FN2O5S/c12-8-2-1-7(20(13,16)17)5-9(8)14-11(15)10-6-18-3-4-19-10/h1-2,5-6H,3-4H2,(H,14,15)(H2,13,16,17). The van der Waals surface area contributed by atoms with E-state index in [0.29, 0.717) is 6.61 Å². The molecule has 0 bridgehead atoms. The summed E-state index contributed by atoms with van der Waals surface area (Å²) in [5.74, 6) is -1.69. The van der Waals surface area contributed by atoms with Gasteiger partial charge in [0.25, 0.3) is 5.91 Å². The number of sulfonamides is 1. The maximum atomic E-state index is 13.5. The van der Waals surface area contributed by atoms with Crippen molar-refractivity contribution in [1.82, 2.24) is 0 Å². The zero-order valence-corrected chi connectivity index (χ0v) is 10.9. The zero-order chi connectivity index (χ0) is 14.8. The molecule has 3 N–H and O–H groups in total. The molecule has 0 aromatic heterocycles. The van der Waals surface area contributed by atoms with Gasteiger partial charge in [-0.05, 0) is 18.2 Å². The van der Waals surface area contributed by atoms with E-state index in [9.17, 15) is 17.6 Å². The Hall–Kier alpha value is -2.13. The first kappa shape index (κ1) is 14.3. The van der Waals surface area contributed by atoms with Crippen LogP contribution in [-0.2, 0) is 24.3 Å². The minimum absolute atomic E-state index is 0.128. The monoisotopic (exact) mass is 302 g/mol. The molecule has 1 aromatic rings. The summed E-state index contributed by atoms with van der Waals surface area (Å²) in [4.78, 5) is 11.4. The molecular weight excluding hydrogens is 291 g/mol. The van der Waals surface area contributed by atoms with Gasteiger partial charge in [0.05, 0.1) is 10.6 Å². The number of amides is 1. The molecule has 7 nitrogen and oxygen atoms in total. The number of carbonyl (C=O) groups excluding carboxylic acids is 1. The van der Waals surface area contributed by atoms with E-state index in [4.69, 9.17) is 14.6 Å². The number of benzene rings is 1. The highest BCUT2D eigenvalue weighted by Crippen LogP contribution is 2.20. The molecule has 0 aliphatic carbocycles. The van der Waals surface area contributed by atoms with Crippen LogP contribution in [0.4, 0.5) is 10.1 Å². The van der Waals surface area contributed by atoms with E-state index >= 15 is 0 Å². The molecule has 1 aliphatic rings. The van der Waals surface area contributed by atoms with Crippen LogP contribution in [0, 0.1) is 5.82 Å². The minimum atomic E-state index is -3.99. The van der Waals surface area contributed by atoms with E-state index < -0.39 is 21.7 Å². The molecule has 1 amide bonds. The molecule has 0 atom stereocenters. The first-order valence-electron chi connectivity index (χ1n) is 5.46. The van der Waals surface area contributed by atoms with Crippen LogP contribution in [0.25, 0.3) is 0 Å². The third-order valence-corrected chi connectivity index (χ3v) is 3.30. The van der Waals surface area contributed by atoms with Crippen LogP contribution in [0.15, 0.2) is 35.1 Å². The molecule has 108 valence electrons. The van der Waals surface area contributed by atoms with Crippen molar-refractivity contribution < 1.29 is 27.1 Å². The lowest BCUT2D eigenvalue weighted by atomic mass is 10.3. The van der Waals surface area contributed by atoms with E-state index in [2.05, 4.69) is 5.32 Å². The Balaban J connectivity index is 2.24. The van der Waals surface area contributed by atoms with Crippen molar-refractivity contribution in [2.75, 3.05) is 18.5 Å². The number of anilines is 1. The van der Waals surface area contributed by atoms with Gasteiger partial charge in [-0.2, -0.15) is 0 Å². The molecule has 9 heteroatoms. The molecular formula is C11H11FN2O5S. The van der Waals surface area contributed by atoms with Crippen LogP contribution in [0.1, 0.15) is 0 Å². The van der Waals surface area contributed by atoms with Gasteiger partial charge in [-0.25, -0.2) is 17.9 Å². The van der Waals surface area contributed by atoms with E-state index in [1.807, 2.05) is 0 Å². The second-order valence-electron chi connectivity index (χ2n) is 3.84. The summed E-state index contributed by atoms with van der Waals surface area (Å²) in [7, 11) is -3.99. The number of carbonyl (C=O) groups is 1. The van der Waals surface area contributed by atoms with Gasteiger partial charge < -0.3 is 14.8 Å². The van der Waals surface area contributed by atoms with Gasteiger partial charge in [0.15, 0.2) is 0 Å². The summed E-state index contributed by atoms with van der Waals surface area (Å²) in [5, 5.41) is 7.12. The molecule has 0 unspecified atom stereocenters. The fourth-order valence-corrected chi connectivity index (χ4v) is 1.99. The Morgan fingerprint density at radius 1 is 1.35 bits per heavy atom. The zero-order valence-electron chi connectivity index (χ0n) is 10.1. The number of rotatable bonds is 3. The summed E-state index contributed by atoms with van der Waals surface area (Å²) in [6.45, 7) is 0.505. The topological polar surface area (TPSA) is 108 Å². The molecule has 0 spiro atoms. The first-order valence-corrected chi connectivity index (χ1v) is 7.01. The van der Waals surface area contributed by atoms with Crippen LogP contribution in [0.3, 0.4) is 0 Å². The Bertz CT molecular complexity index is 671. The second kappa shape index (κ2) is 5.47. The summed E-state index contributed by atoms with van der Waals surface area (Å²) in [6, 6.07) is 2.81. The normalized spacial score (nSPS) is 14.8. The van der Waals surface area contributed by atoms with Gasteiger partial charge in [0.1, 0.15) is 25.3 Å². The Morgan fingerprint density at radius 3 is 2.70 bits per heavy atom. The van der Waals surface area contributed by atoms with Crippen molar-refractivity contribution in [1.29, 1.82) is 0 Å². The fourth-order valence-electron chi connectivity index (χ4n) is 1.45. The highest BCUT2D eigenvalue weighted by atomic mass is 32.2. The molecule has 0 saturated heterocycles. The van der Waals surface area contributed by atoms with Crippen molar-refractivity contribution in [3.05, 3.63) is 36.0 Å².